The SMILES string of the molecule is CC[C@@H]1C[C@H]1C(O)c1nnn(C)n1. The van der Waals surface area contributed by atoms with Crippen molar-refractivity contribution in [1.82, 2.24) is 20.2 Å². The van der Waals surface area contributed by atoms with Gasteiger partial charge in [-0.2, -0.15) is 4.80 Å². The van der Waals surface area contributed by atoms with E-state index >= 15 is 0 Å². The predicted molar refractivity (Wildman–Crippen MR) is 45.6 cm³/mol. The first-order valence-corrected chi connectivity index (χ1v) is 4.64. The van der Waals surface area contributed by atoms with Gasteiger partial charge in [0, 0.05) is 0 Å². The van der Waals surface area contributed by atoms with Gasteiger partial charge in [0.15, 0.2) is 0 Å². The molecule has 1 N–H and O–H groups in total. The summed E-state index contributed by atoms with van der Waals surface area (Å²) < 4.78 is 0. The minimum Gasteiger partial charge on any atom is -0.385 e. The van der Waals surface area contributed by atoms with Crippen LogP contribution in [0.25, 0.3) is 0 Å². The van der Waals surface area contributed by atoms with Crippen molar-refractivity contribution in [1.29, 1.82) is 0 Å². The molecule has 5 nitrogen and oxygen atoms in total. The van der Waals surface area contributed by atoms with E-state index in [0.29, 0.717) is 17.7 Å². The summed E-state index contributed by atoms with van der Waals surface area (Å²) in [5.74, 6) is 1.47. The van der Waals surface area contributed by atoms with Crippen LogP contribution in [0.1, 0.15) is 31.7 Å². The first-order valence-electron chi connectivity index (χ1n) is 4.64. The Morgan fingerprint density at radius 1 is 1.69 bits per heavy atom. The molecular weight excluding hydrogens is 168 g/mol. The van der Waals surface area contributed by atoms with Crippen molar-refractivity contribution in [3.63, 3.8) is 0 Å². The van der Waals surface area contributed by atoms with Crippen LogP contribution >= 0.6 is 0 Å². The smallest absolute Gasteiger partial charge is 0.203 e. The van der Waals surface area contributed by atoms with Crippen LogP contribution in [0, 0.1) is 11.8 Å². The number of aliphatic hydroxyl groups is 1. The van der Waals surface area contributed by atoms with E-state index in [2.05, 4.69) is 22.3 Å². The highest BCUT2D eigenvalue weighted by Gasteiger charge is 2.43. The lowest BCUT2D eigenvalue weighted by Crippen LogP contribution is -2.04. The number of tetrazole rings is 1. The Hall–Kier alpha value is -0.970. The summed E-state index contributed by atoms with van der Waals surface area (Å²) in [5.41, 5.74) is 0. The van der Waals surface area contributed by atoms with E-state index in [1.54, 1.807) is 7.05 Å². The Bertz CT molecular complexity index is 298. The second kappa shape index (κ2) is 3.06. The molecule has 1 saturated carbocycles. The normalized spacial score (nSPS) is 28.8. The van der Waals surface area contributed by atoms with Crippen molar-refractivity contribution in [2.75, 3.05) is 0 Å². The summed E-state index contributed by atoms with van der Waals surface area (Å²) in [4.78, 5) is 1.38. The van der Waals surface area contributed by atoms with Crippen molar-refractivity contribution in [2.24, 2.45) is 18.9 Å². The van der Waals surface area contributed by atoms with Crippen LogP contribution in [0.3, 0.4) is 0 Å². The third-order valence-electron chi connectivity index (χ3n) is 2.70. The van der Waals surface area contributed by atoms with Crippen LogP contribution in [0.15, 0.2) is 0 Å². The molecule has 0 saturated heterocycles. The second-order valence-corrected chi connectivity index (χ2v) is 3.65. The average molecular weight is 182 g/mol. The van der Waals surface area contributed by atoms with Gasteiger partial charge >= 0.3 is 0 Å². The molecule has 1 heterocycles. The molecule has 0 bridgehead atoms. The highest BCUT2D eigenvalue weighted by molar-refractivity contribution is 4.98. The minimum atomic E-state index is -0.515. The van der Waals surface area contributed by atoms with E-state index in [4.69, 9.17) is 0 Å². The molecule has 2 rings (SSSR count). The van der Waals surface area contributed by atoms with Crippen LogP contribution in [0.5, 0.6) is 0 Å². The molecule has 0 aromatic carbocycles. The fourth-order valence-electron chi connectivity index (χ4n) is 1.74. The molecule has 1 fully saturated rings. The third-order valence-corrected chi connectivity index (χ3v) is 2.70. The highest BCUT2D eigenvalue weighted by atomic mass is 16.3. The molecule has 13 heavy (non-hydrogen) atoms. The maximum atomic E-state index is 9.80. The maximum Gasteiger partial charge on any atom is 0.203 e. The largest absolute Gasteiger partial charge is 0.385 e. The van der Waals surface area contributed by atoms with Crippen molar-refractivity contribution in [2.45, 2.75) is 25.9 Å². The molecule has 0 aliphatic heterocycles. The van der Waals surface area contributed by atoms with Crippen LogP contribution in [-0.2, 0) is 7.05 Å². The third kappa shape index (κ3) is 1.56. The van der Waals surface area contributed by atoms with E-state index in [-0.39, 0.29) is 0 Å². The average Bonchev–Trinajstić information content (AvgIpc) is 2.80. The Morgan fingerprint density at radius 3 is 2.92 bits per heavy atom. The molecule has 3 atom stereocenters. The lowest BCUT2D eigenvalue weighted by molar-refractivity contribution is 0.136. The van der Waals surface area contributed by atoms with E-state index < -0.39 is 6.10 Å². The number of hydrogen-bond acceptors (Lipinski definition) is 4. The lowest BCUT2D eigenvalue weighted by Gasteiger charge is -2.03. The molecule has 1 unspecified atom stereocenters. The first kappa shape index (κ1) is 8.62. The molecule has 72 valence electrons. The topological polar surface area (TPSA) is 63.8 Å². The zero-order valence-corrected chi connectivity index (χ0v) is 7.88. The summed E-state index contributed by atoms with van der Waals surface area (Å²) >= 11 is 0. The summed E-state index contributed by atoms with van der Waals surface area (Å²) in [7, 11) is 1.70. The van der Waals surface area contributed by atoms with E-state index in [0.717, 1.165) is 12.8 Å². The number of aryl methyl sites for hydroxylation is 1. The summed E-state index contributed by atoms with van der Waals surface area (Å²) in [6.07, 6.45) is 1.71. The van der Waals surface area contributed by atoms with Crippen LogP contribution in [0.2, 0.25) is 0 Å². The van der Waals surface area contributed by atoms with Crippen molar-refractivity contribution < 1.29 is 5.11 Å². The van der Waals surface area contributed by atoms with Crippen LogP contribution in [0.4, 0.5) is 0 Å². The molecule has 1 aromatic rings. The number of rotatable bonds is 3. The molecule has 1 aliphatic rings. The molecule has 5 heteroatoms. The summed E-state index contributed by atoms with van der Waals surface area (Å²) in [6, 6.07) is 0. The Balaban J connectivity index is 2.02. The van der Waals surface area contributed by atoms with Crippen molar-refractivity contribution in [3.8, 4) is 0 Å². The highest BCUT2D eigenvalue weighted by Crippen LogP contribution is 2.48. The van der Waals surface area contributed by atoms with Gasteiger partial charge in [-0.05, 0) is 23.5 Å². The lowest BCUT2D eigenvalue weighted by atomic mass is 10.1. The van der Waals surface area contributed by atoms with Gasteiger partial charge < -0.3 is 5.11 Å². The second-order valence-electron chi connectivity index (χ2n) is 3.65. The Labute approximate surface area is 76.8 Å². The monoisotopic (exact) mass is 182 g/mol. The van der Waals surface area contributed by atoms with Gasteiger partial charge in [0.25, 0.3) is 0 Å². The first-order chi connectivity index (χ1) is 6.22. The van der Waals surface area contributed by atoms with Crippen LogP contribution < -0.4 is 0 Å². The van der Waals surface area contributed by atoms with E-state index in [9.17, 15) is 5.11 Å². The van der Waals surface area contributed by atoms with Crippen molar-refractivity contribution in [3.05, 3.63) is 5.82 Å². The van der Waals surface area contributed by atoms with Gasteiger partial charge in [-0.25, -0.2) is 0 Å². The molecule has 0 radical (unpaired) electrons. The molecule has 0 amide bonds. The standard InChI is InChI=1S/C8H14N4O/c1-3-5-4-6(5)7(13)8-9-11-12(2)10-8/h5-7,13H,3-4H2,1-2H3/t5-,6-,7?/m1/s1. The van der Waals surface area contributed by atoms with Crippen molar-refractivity contribution >= 4 is 0 Å². The van der Waals surface area contributed by atoms with Gasteiger partial charge in [-0.15, -0.1) is 10.2 Å². The number of hydrogen-bond donors (Lipinski definition) is 1. The van der Waals surface area contributed by atoms with Crippen LogP contribution in [-0.4, -0.2) is 25.3 Å². The number of nitrogens with zero attached hydrogens (tertiary/aromatic N) is 4. The fraction of sp³-hybridized carbons (Fsp3) is 0.875. The van der Waals surface area contributed by atoms with Gasteiger partial charge in [0.1, 0.15) is 6.10 Å². The Morgan fingerprint density at radius 2 is 2.46 bits per heavy atom. The summed E-state index contributed by atoms with van der Waals surface area (Å²) in [5, 5.41) is 21.3. The quantitative estimate of drug-likeness (QED) is 0.729. The molecule has 1 aliphatic carbocycles. The number of aliphatic hydroxyl groups excluding tert-OH is 1. The minimum absolute atomic E-state index is 0.356. The summed E-state index contributed by atoms with van der Waals surface area (Å²) in [6.45, 7) is 2.14. The van der Waals surface area contributed by atoms with Gasteiger partial charge in [-0.1, -0.05) is 13.3 Å². The van der Waals surface area contributed by atoms with E-state index in [1.165, 1.54) is 4.80 Å². The molecular formula is C8H14N4O. The fourth-order valence-corrected chi connectivity index (χ4v) is 1.74. The zero-order valence-electron chi connectivity index (χ0n) is 7.88. The predicted octanol–water partition coefficient (Wildman–Crippen LogP) is 0.290. The Kier molecular flexibility index (Phi) is 2.03. The van der Waals surface area contributed by atoms with Gasteiger partial charge in [0.05, 0.1) is 7.05 Å². The van der Waals surface area contributed by atoms with E-state index in [1.807, 2.05) is 0 Å². The zero-order chi connectivity index (χ0) is 9.42. The molecule has 0 spiro atoms. The number of aromatic nitrogens is 4. The van der Waals surface area contributed by atoms with Gasteiger partial charge in [0.2, 0.25) is 5.82 Å². The maximum absolute atomic E-state index is 9.80. The van der Waals surface area contributed by atoms with Gasteiger partial charge in [-0.3, -0.25) is 0 Å². The molecule has 1 aromatic heterocycles.